The topological polar surface area (TPSA) is 55.2 Å². The number of nitrogens with zero attached hydrogens (tertiary/aromatic N) is 1. The van der Waals surface area contributed by atoms with Crippen molar-refractivity contribution in [1.82, 2.24) is 0 Å². The third-order valence-electron chi connectivity index (χ3n) is 3.53. The van der Waals surface area contributed by atoms with Crippen LogP contribution in [0.3, 0.4) is 0 Å². The second-order valence-electron chi connectivity index (χ2n) is 5.15. The minimum Gasteiger partial charge on any atom is -0.380 e. The fraction of sp³-hybridized carbons (Fsp3) is 0.538. The predicted octanol–water partition coefficient (Wildman–Crippen LogP) is 3.86. The van der Waals surface area contributed by atoms with Crippen LogP contribution in [0.25, 0.3) is 0 Å². The molecule has 2 unspecified atom stereocenters. The van der Waals surface area contributed by atoms with Crippen LogP contribution in [0.4, 0.5) is 20.2 Å². The lowest BCUT2D eigenvalue weighted by molar-refractivity contribution is -0.387. The molecule has 1 aliphatic rings. The fourth-order valence-electron chi connectivity index (χ4n) is 2.57. The molecule has 0 radical (unpaired) electrons. The highest BCUT2D eigenvalue weighted by molar-refractivity contribution is 5.53. The summed E-state index contributed by atoms with van der Waals surface area (Å²) in [5, 5.41) is 13.6. The monoisotopic (exact) mass is 270 g/mol. The summed E-state index contributed by atoms with van der Waals surface area (Å²) in [5.41, 5.74) is -0.694. The van der Waals surface area contributed by atoms with Crippen molar-refractivity contribution in [3.8, 4) is 0 Å². The molecule has 1 aromatic carbocycles. The second-order valence-corrected chi connectivity index (χ2v) is 5.15. The zero-order chi connectivity index (χ0) is 14.0. The number of hydrogen-bond donors (Lipinski definition) is 1. The molecule has 1 saturated carbocycles. The van der Waals surface area contributed by atoms with Crippen LogP contribution in [0.5, 0.6) is 0 Å². The van der Waals surface area contributed by atoms with E-state index in [0.29, 0.717) is 12.0 Å². The molecule has 19 heavy (non-hydrogen) atoms. The number of benzene rings is 1. The molecule has 4 nitrogen and oxygen atoms in total. The van der Waals surface area contributed by atoms with Gasteiger partial charge in [-0.1, -0.05) is 19.8 Å². The Morgan fingerprint density at radius 1 is 1.32 bits per heavy atom. The maximum Gasteiger partial charge on any atom is 0.307 e. The molecular weight excluding hydrogens is 254 g/mol. The summed E-state index contributed by atoms with van der Waals surface area (Å²) in [6.45, 7) is 2.12. The minimum absolute atomic E-state index is 0.00667. The van der Waals surface area contributed by atoms with Crippen LogP contribution in [0.15, 0.2) is 12.1 Å². The summed E-state index contributed by atoms with van der Waals surface area (Å²) in [7, 11) is 0. The molecule has 0 heterocycles. The van der Waals surface area contributed by atoms with Gasteiger partial charge in [0.15, 0.2) is 0 Å². The Bertz CT molecular complexity index is 494. The van der Waals surface area contributed by atoms with Crippen LogP contribution >= 0.6 is 0 Å². The van der Waals surface area contributed by atoms with E-state index in [1.807, 2.05) is 0 Å². The van der Waals surface area contributed by atoms with Crippen LogP contribution in [0, 0.1) is 27.7 Å². The SMILES string of the molecule is CC1CCCC(Nc2cc([N+](=O)[O-])c(F)cc2F)C1. The number of anilines is 1. The normalized spacial score (nSPS) is 23.1. The van der Waals surface area contributed by atoms with Gasteiger partial charge in [-0.15, -0.1) is 0 Å². The summed E-state index contributed by atoms with van der Waals surface area (Å²) in [6, 6.07) is 1.58. The average molecular weight is 270 g/mol. The zero-order valence-corrected chi connectivity index (χ0v) is 10.7. The van der Waals surface area contributed by atoms with Crippen molar-refractivity contribution in [1.29, 1.82) is 0 Å². The molecule has 1 N–H and O–H groups in total. The molecule has 0 spiro atoms. The van der Waals surface area contributed by atoms with Crippen molar-refractivity contribution >= 4 is 11.4 Å². The number of nitrogens with one attached hydrogen (secondary N) is 1. The van der Waals surface area contributed by atoms with E-state index in [1.54, 1.807) is 0 Å². The van der Waals surface area contributed by atoms with Crippen LogP contribution in [-0.4, -0.2) is 11.0 Å². The van der Waals surface area contributed by atoms with Gasteiger partial charge >= 0.3 is 5.69 Å². The predicted molar refractivity (Wildman–Crippen MR) is 68.1 cm³/mol. The van der Waals surface area contributed by atoms with E-state index in [9.17, 15) is 18.9 Å². The largest absolute Gasteiger partial charge is 0.380 e. The highest BCUT2D eigenvalue weighted by Gasteiger charge is 2.23. The Labute approximate surface area is 110 Å². The van der Waals surface area contributed by atoms with E-state index in [-0.39, 0.29) is 11.7 Å². The molecule has 1 fully saturated rings. The number of nitro groups is 1. The van der Waals surface area contributed by atoms with Crippen molar-refractivity contribution in [3.05, 3.63) is 33.9 Å². The third-order valence-corrected chi connectivity index (χ3v) is 3.53. The van der Waals surface area contributed by atoms with E-state index < -0.39 is 22.2 Å². The summed E-state index contributed by atoms with van der Waals surface area (Å²) in [4.78, 5) is 9.80. The molecule has 0 bridgehead atoms. The first-order valence-electron chi connectivity index (χ1n) is 6.37. The van der Waals surface area contributed by atoms with Gasteiger partial charge < -0.3 is 5.32 Å². The highest BCUT2D eigenvalue weighted by atomic mass is 19.1. The summed E-state index contributed by atoms with van der Waals surface area (Å²) in [5.74, 6) is -1.39. The van der Waals surface area contributed by atoms with E-state index in [1.165, 1.54) is 0 Å². The molecule has 0 aromatic heterocycles. The van der Waals surface area contributed by atoms with Crippen LogP contribution in [0.2, 0.25) is 0 Å². The Kier molecular flexibility index (Phi) is 3.97. The maximum absolute atomic E-state index is 13.6. The van der Waals surface area contributed by atoms with Crippen LogP contribution in [0.1, 0.15) is 32.6 Å². The summed E-state index contributed by atoms with van der Waals surface area (Å²) < 4.78 is 26.8. The van der Waals surface area contributed by atoms with Gasteiger partial charge in [0.05, 0.1) is 10.6 Å². The third kappa shape index (κ3) is 3.19. The number of hydrogen-bond acceptors (Lipinski definition) is 3. The van der Waals surface area contributed by atoms with Crippen molar-refractivity contribution in [2.75, 3.05) is 5.32 Å². The summed E-state index contributed by atoms with van der Waals surface area (Å²) in [6.07, 6.45) is 3.98. The van der Waals surface area contributed by atoms with E-state index in [0.717, 1.165) is 31.7 Å². The van der Waals surface area contributed by atoms with E-state index >= 15 is 0 Å². The fourth-order valence-corrected chi connectivity index (χ4v) is 2.57. The smallest absolute Gasteiger partial charge is 0.307 e. The minimum atomic E-state index is -1.15. The van der Waals surface area contributed by atoms with Gasteiger partial charge in [0.2, 0.25) is 5.82 Å². The van der Waals surface area contributed by atoms with Crippen molar-refractivity contribution < 1.29 is 13.7 Å². The van der Waals surface area contributed by atoms with Gasteiger partial charge in [-0.05, 0) is 18.8 Å². The van der Waals surface area contributed by atoms with E-state index in [2.05, 4.69) is 12.2 Å². The Morgan fingerprint density at radius 2 is 2.05 bits per heavy atom. The lowest BCUT2D eigenvalue weighted by atomic mass is 9.87. The molecule has 104 valence electrons. The number of halogens is 2. The van der Waals surface area contributed by atoms with Crippen LogP contribution in [-0.2, 0) is 0 Å². The van der Waals surface area contributed by atoms with Gasteiger partial charge in [-0.25, -0.2) is 4.39 Å². The lowest BCUT2D eigenvalue weighted by Crippen LogP contribution is -2.26. The first kappa shape index (κ1) is 13.7. The average Bonchev–Trinajstić information content (AvgIpc) is 2.32. The molecule has 2 rings (SSSR count). The molecule has 1 aliphatic carbocycles. The Hall–Kier alpha value is -1.72. The van der Waals surface area contributed by atoms with Gasteiger partial charge in [-0.3, -0.25) is 10.1 Å². The van der Waals surface area contributed by atoms with Crippen molar-refractivity contribution in [2.45, 2.75) is 38.6 Å². The number of rotatable bonds is 3. The Morgan fingerprint density at radius 3 is 2.68 bits per heavy atom. The van der Waals surface area contributed by atoms with Gasteiger partial charge in [0.1, 0.15) is 5.82 Å². The molecule has 0 saturated heterocycles. The van der Waals surface area contributed by atoms with Gasteiger partial charge in [-0.2, -0.15) is 4.39 Å². The van der Waals surface area contributed by atoms with Crippen molar-refractivity contribution in [3.63, 3.8) is 0 Å². The van der Waals surface area contributed by atoms with Crippen LogP contribution < -0.4 is 5.32 Å². The molecule has 0 amide bonds. The van der Waals surface area contributed by atoms with E-state index in [4.69, 9.17) is 0 Å². The number of nitro benzene ring substituents is 1. The molecule has 2 atom stereocenters. The first-order valence-corrected chi connectivity index (χ1v) is 6.37. The quantitative estimate of drug-likeness (QED) is 0.670. The molecule has 6 heteroatoms. The van der Waals surface area contributed by atoms with Gasteiger partial charge in [0.25, 0.3) is 0 Å². The maximum atomic E-state index is 13.6. The summed E-state index contributed by atoms with van der Waals surface area (Å²) >= 11 is 0. The second kappa shape index (κ2) is 5.50. The highest BCUT2D eigenvalue weighted by Crippen LogP contribution is 2.30. The lowest BCUT2D eigenvalue weighted by Gasteiger charge is -2.28. The molecule has 1 aromatic rings. The first-order chi connectivity index (χ1) is 8.97. The van der Waals surface area contributed by atoms with Gasteiger partial charge in [0, 0.05) is 18.2 Å². The Balaban J connectivity index is 2.19. The molecular formula is C13H16F2N2O2. The standard InChI is InChI=1S/C13H16F2N2O2/c1-8-3-2-4-9(5-8)16-12-7-13(17(18)19)11(15)6-10(12)14/h6-9,16H,2-5H2,1H3. The zero-order valence-electron chi connectivity index (χ0n) is 10.7. The molecule has 0 aliphatic heterocycles. The van der Waals surface area contributed by atoms with Crippen molar-refractivity contribution in [2.24, 2.45) is 5.92 Å².